The van der Waals surface area contributed by atoms with Gasteiger partial charge < -0.3 is 15.0 Å². The number of amides is 1. The number of carbonyl (C=O) groups excluding carboxylic acids is 1. The van der Waals surface area contributed by atoms with E-state index in [2.05, 4.69) is 20.3 Å². The van der Waals surface area contributed by atoms with E-state index in [4.69, 9.17) is 4.74 Å². The Labute approximate surface area is 177 Å². The number of rotatable bonds is 6. The van der Waals surface area contributed by atoms with Crippen molar-refractivity contribution in [2.75, 3.05) is 24.6 Å². The van der Waals surface area contributed by atoms with Crippen molar-refractivity contribution in [1.82, 2.24) is 20.1 Å². The number of hydrogen-bond acceptors (Lipinski definition) is 5. The molecule has 0 bridgehead atoms. The normalized spacial score (nSPS) is 16.6. The number of pyridine rings is 1. The van der Waals surface area contributed by atoms with Crippen molar-refractivity contribution in [2.24, 2.45) is 13.0 Å². The molecule has 1 fully saturated rings. The van der Waals surface area contributed by atoms with E-state index < -0.39 is 0 Å². The Kier molecular flexibility index (Phi) is 5.88. The van der Waals surface area contributed by atoms with Gasteiger partial charge in [-0.05, 0) is 38.8 Å². The van der Waals surface area contributed by atoms with Gasteiger partial charge in [0.25, 0.3) is 0 Å². The number of piperidine rings is 1. The predicted molar refractivity (Wildman–Crippen MR) is 118 cm³/mol. The van der Waals surface area contributed by atoms with Gasteiger partial charge >= 0.3 is 0 Å². The molecule has 1 aliphatic heterocycles. The molecule has 1 atom stereocenters. The van der Waals surface area contributed by atoms with Crippen molar-refractivity contribution in [1.29, 1.82) is 0 Å². The van der Waals surface area contributed by atoms with Crippen LogP contribution in [0.15, 0.2) is 36.5 Å². The van der Waals surface area contributed by atoms with Gasteiger partial charge in [0.05, 0.1) is 18.2 Å². The second-order valence-corrected chi connectivity index (χ2v) is 7.78. The molecule has 0 saturated carbocycles. The van der Waals surface area contributed by atoms with Crippen LogP contribution in [-0.2, 0) is 18.4 Å². The van der Waals surface area contributed by atoms with Crippen LogP contribution in [0.3, 0.4) is 0 Å². The van der Waals surface area contributed by atoms with Crippen LogP contribution < -0.4 is 15.0 Å². The molecule has 7 heteroatoms. The fourth-order valence-corrected chi connectivity index (χ4v) is 4.27. The zero-order chi connectivity index (χ0) is 21.1. The quantitative estimate of drug-likeness (QED) is 0.679. The number of aryl methyl sites for hydroxylation is 2. The predicted octanol–water partition coefficient (Wildman–Crippen LogP) is 3.21. The molecule has 0 radical (unpaired) electrons. The Morgan fingerprint density at radius 3 is 2.97 bits per heavy atom. The number of para-hydroxylation sites is 1. The first-order valence-electron chi connectivity index (χ1n) is 10.6. The summed E-state index contributed by atoms with van der Waals surface area (Å²) in [5.41, 5.74) is 3.02. The minimum absolute atomic E-state index is 0.0654. The number of benzene rings is 1. The highest BCUT2D eigenvalue weighted by molar-refractivity contribution is 5.91. The van der Waals surface area contributed by atoms with Crippen molar-refractivity contribution >= 4 is 22.6 Å². The molecule has 0 spiro atoms. The summed E-state index contributed by atoms with van der Waals surface area (Å²) in [5.74, 6) is 1.76. The molecule has 1 aromatic carbocycles. The Morgan fingerprint density at radius 1 is 1.30 bits per heavy atom. The molecule has 0 aliphatic carbocycles. The van der Waals surface area contributed by atoms with E-state index in [0.29, 0.717) is 19.7 Å². The van der Waals surface area contributed by atoms with E-state index in [-0.39, 0.29) is 11.8 Å². The fraction of sp³-hybridized carbons (Fsp3) is 0.435. The molecule has 30 heavy (non-hydrogen) atoms. The average Bonchev–Trinajstić information content (AvgIpc) is 3.07. The first-order chi connectivity index (χ1) is 14.6. The molecular weight excluding hydrogens is 378 g/mol. The standard InChI is InChI=1S/C23H29N5O2/c1-4-30-20-10-6-5-8-17(20)14-25-23(29)18-9-7-13-28(15-18)22-21-19(11-12-24-22)16(2)26-27(21)3/h5-6,8,10-12,18H,4,7,9,13-15H2,1-3H3,(H,25,29). The molecular formula is C23H29N5O2. The molecule has 7 nitrogen and oxygen atoms in total. The van der Waals surface area contributed by atoms with Crippen LogP contribution in [0, 0.1) is 12.8 Å². The molecule has 3 aromatic rings. The topological polar surface area (TPSA) is 72.3 Å². The lowest BCUT2D eigenvalue weighted by Gasteiger charge is -2.33. The van der Waals surface area contributed by atoms with Crippen LogP contribution in [0.25, 0.3) is 10.9 Å². The SMILES string of the molecule is CCOc1ccccc1CNC(=O)C1CCCN(c2nccc3c(C)nn(C)c23)C1. The first-order valence-corrected chi connectivity index (χ1v) is 10.6. The number of aromatic nitrogens is 3. The van der Waals surface area contributed by atoms with Gasteiger partial charge in [0.1, 0.15) is 11.3 Å². The van der Waals surface area contributed by atoms with E-state index >= 15 is 0 Å². The number of carbonyl (C=O) groups is 1. The van der Waals surface area contributed by atoms with E-state index in [0.717, 1.165) is 53.1 Å². The van der Waals surface area contributed by atoms with Crippen molar-refractivity contribution in [3.8, 4) is 5.75 Å². The molecule has 3 heterocycles. The number of anilines is 1. The lowest BCUT2D eigenvalue weighted by molar-refractivity contribution is -0.125. The largest absolute Gasteiger partial charge is 0.494 e. The van der Waals surface area contributed by atoms with Gasteiger partial charge in [-0.25, -0.2) is 4.98 Å². The zero-order valence-electron chi connectivity index (χ0n) is 17.9. The molecule has 1 amide bonds. The molecule has 1 saturated heterocycles. The second kappa shape index (κ2) is 8.73. The van der Waals surface area contributed by atoms with E-state index in [1.165, 1.54) is 0 Å². The summed E-state index contributed by atoms with van der Waals surface area (Å²) in [5, 5.41) is 8.77. The number of fused-ring (bicyclic) bond motifs is 1. The van der Waals surface area contributed by atoms with Crippen molar-refractivity contribution in [3.63, 3.8) is 0 Å². The first kappa shape index (κ1) is 20.2. The maximum atomic E-state index is 12.9. The van der Waals surface area contributed by atoms with Gasteiger partial charge in [-0.15, -0.1) is 0 Å². The zero-order valence-corrected chi connectivity index (χ0v) is 17.9. The molecule has 1 unspecified atom stereocenters. The maximum Gasteiger partial charge on any atom is 0.225 e. The van der Waals surface area contributed by atoms with Gasteiger partial charge in [0.2, 0.25) is 5.91 Å². The van der Waals surface area contributed by atoms with Gasteiger partial charge in [-0.3, -0.25) is 9.48 Å². The lowest BCUT2D eigenvalue weighted by atomic mass is 9.96. The van der Waals surface area contributed by atoms with Crippen LogP contribution in [0.5, 0.6) is 5.75 Å². The van der Waals surface area contributed by atoms with Gasteiger partial charge in [-0.1, -0.05) is 18.2 Å². The highest BCUT2D eigenvalue weighted by Gasteiger charge is 2.28. The summed E-state index contributed by atoms with van der Waals surface area (Å²) in [6.07, 6.45) is 3.68. The molecule has 1 aliphatic rings. The highest BCUT2D eigenvalue weighted by Crippen LogP contribution is 2.29. The van der Waals surface area contributed by atoms with Crippen molar-refractivity contribution in [2.45, 2.75) is 33.2 Å². The van der Waals surface area contributed by atoms with Crippen LogP contribution >= 0.6 is 0 Å². The third-order valence-corrected chi connectivity index (χ3v) is 5.74. The fourth-order valence-electron chi connectivity index (χ4n) is 4.27. The lowest BCUT2D eigenvalue weighted by Crippen LogP contribution is -2.43. The van der Waals surface area contributed by atoms with Crippen LogP contribution in [-0.4, -0.2) is 40.4 Å². The van der Waals surface area contributed by atoms with Crippen molar-refractivity contribution < 1.29 is 9.53 Å². The van der Waals surface area contributed by atoms with Gasteiger partial charge in [-0.2, -0.15) is 5.10 Å². The monoisotopic (exact) mass is 407 g/mol. The Morgan fingerprint density at radius 2 is 2.13 bits per heavy atom. The molecule has 1 N–H and O–H groups in total. The Bertz CT molecular complexity index is 1050. The smallest absolute Gasteiger partial charge is 0.225 e. The molecule has 2 aromatic heterocycles. The van der Waals surface area contributed by atoms with Crippen LogP contribution in [0.1, 0.15) is 31.0 Å². The summed E-state index contributed by atoms with van der Waals surface area (Å²) < 4.78 is 7.56. The summed E-state index contributed by atoms with van der Waals surface area (Å²) in [4.78, 5) is 19.8. The molecule has 4 rings (SSSR count). The molecule has 158 valence electrons. The third-order valence-electron chi connectivity index (χ3n) is 5.74. The van der Waals surface area contributed by atoms with Crippen molar-refractivity contribution in [3.05, 3.63) is 47.8 Å². The van der Waals surface area contributed by atoms with Gasteiger partial charge in [0.15, 0.2) is 5.82 Å². The van der Waals surface area contributed by atoms with Gasteiger partial charge in [0, 0.05) is 43.8 Å². The van der Waals surface area contributed by atoms with Crippen LogP contribution in [0.2, 0.25) is 0 Å². The minimum atomic E-state index is -0.0654. The number of nitrogens with one attached hydrogen (secondary N) is 1. The average molecular weight is 408 g/mol. The minimum Gasteiger partial charge on any atom is -0.494 e. The van der Waals surface area contributed by atoms with E-state index in [1.54, 1.807) is 0 Å². The third kappa shape index (κ3) is 3.97. The summed E-state index contributed by atoms with van der Waals surface area (Å²) in [6, 6.07) is 9.85. The van der Waals surface area contributed by atoms with Crippen LogP contribution in [0.4, 0.5) is 5.82 Å². The van der Waals surface area contributed by atoms with E-state index in [9.17, 15) is 4.79 Å². The Balaban J connectivity index is 1.46. The highest BCUT2D eigenvalue weighted by atomic mass is 16.5. The maximum absolute atomic E-state index is 12.9. The Hall–Kier alpha value is -3.09. The number of hydrogen-bond donors (Lipinski definition) is 1. The van der Waals surface area contributed by atoms with E-state index in [1.807, 2.05) is 62.1 Å². The summed E-state index contributed by atoms with van der Waals surface area (Å²) >= 11 is 0. The number of nitrogens with zero attached hydrogens (tertiary/aromatic N) is 4. The number of ether oxygens (including phenoxy) is 1. The second-order valence-electron chi connectivity index (χ2n) is 7.78. The summed E-state index contributed by atoms with van der Waals surface area (Å²) in [6.45, 7) is 6.61. The summed E-state index contributed by atoms with van der Waals surface area (Å²) in [7, 11) is 1.95.